The van der Waals surface area contributed by atoms with Gasteiger partial charge < -0.3 is 53.0 Å². The van der Waals surface area contributed by atoms with E-state index in [1.165, 1.54) is 25.1 Å². The summed E-state index contributed by atoms with van der Waals surface area (Å²) in [5.41, 5.74) is 2.95. The Kier molecular flexibility index (Phi) is 22.8. The Labute approximate surface area is 378 Å². The molecule has 2 heterocycles. The molecule has 2 amide bonds. The van der Waals surface area contributed by atoms with Crippen molar-refractivity contribution in [1.29, 1.82) is 0 Å². The molecule has 1 saturated carbocycles. The second kappa shape index (κ2) is 28.4. The number of fused-ring (bicyclic) bond motifs is 1. The molecule has 2 aromatic carbocycles. The van der Waals surface area contributed by atoms with E-state index in [0.717, 1.165) is 30.9 Å². The predicted molar refractivity (Wildman–Crippen MR) is 245 cm³/mol. The number of para-hydroxylation sites is 2. The van der Waals surface area contributed by atoms with E-state index in [9.17, 15) is 9.59 Å². The normalized spacial score (nSPS) is 13.8. The lowest BCUT2D eigenvalue weighted by Crippen LogP contribution is -2.45. The molecule has 0 unspecified atom stereocenters. The van der Waals surface area contributed by atoms with Crippen molar-refractivity contribution in [3.8, 4) is 11.5 Å². The Hall–Kier alpha value is -3.35. The molecule has 0 spiro atoms. The van der Waals surface area contributed by atoms with Gasteiger partial charge in [0.05, 0.1) is 102 Å². The van der Waals surface area contributed by atoms with Crippen molar-refractivity contribution in [2.24, 2.45) is 0 Å². The summed E-state index contributed by atoms with van der Waals surface area (Å²) in [6.45, 7) is 13.6. The lowest BCUT2D eigenvalue weighted by atomic mass is 10.1. The zero-order chi connectivity index (χ0) is 43.8. The maximum absolute atomic E-state index is 14.0. The van der Waals surface area contributed by atoms with Gasteiger partial charge in [-0.2, -0.15) is 0 Å². The number of aryl methyl sites for hydroxylation is 1. The summed E-state index contributed by atoms with van der Waals surface area (Å²) in [5, 5.41) is 3.56. The smallest absolute Gasteiger partial charge is 0.263 e. The molecule has 1 fully saturated rings. The molecule has 0 bridgehead atoms. The van der Waals surface area contributed by atoms with E-state index in [2.05, 4.69) is 34.4 Å². The van der Waals surface area contributed by atoms with Crippen molar-refractivity contribution >= 4 is 55.2 Å². The number of carbonyl (C=O) groups excluding carboxylic acids is 2. The lowest BCUT2D eigenvalue weighted by molar-refractivity contribution is -0.121. The van der Waals surface area contributed by atoms with E-state index in [0.29, 0.717) is 144 Å². The maximum atomic E-state index is 14.0. The molecular weight excluding hydrogens is 856 g/mol. The van der Waals surface area contributed by atoms with Crippen LogP contribution in [0.2, 0.25) is 29.2 Å². The topological polar surface area (TPSA) is 139 Å². The van der Waals surface area contributed by atoms with Crippen LogP contribution in [0.4, 0.5) is 11.4 Å². The zero-order valence-electron chi connectivity index (χ0n) is 36.3. The fraction of sp³-hybridized carbons (Fsp3) is 0.578. The molecule has 14 nitrogen and oxygen atoms in total. The SMILES string of the molecule is C[SiH](C)CCCOCCOCCOCCOCCOCCOCCOCCNC(=O)CCc1cc(Cl)c(Oc2ccncc2C(=O)N2CCN(C3CC3)c3ccccc32)cc1Cl. The fourth-order valence-electron chi connectivity index (χ4n) is 6.71. The van der Waals surface area contributed by atoms with Crippen molar-refractivity contribution in [2.45, 2.75) is 57.3 Å². The Morgan fingerprint density at radius 1 is 0.726 bits per heavy atom. The first-order valence-electron chi connectivity index (χ1n) is 21.9. The molecule has 2 aliphatic rings. The van der Waals surface area contributed by atoms with Gasteiger partial charge >= 0.3 is 0 Å². The Bertz CT molecular complexity index is 1790. The van der Waals surface area contributed by atoms with Crippen LogP contribution in [0, 0.1) is 0 Å². The summed E-state index contributed by atoms with van der Waals surface area (Å²) in [5.74, 6) is 0.266. The zero-order valence-corrected chi connectivity index (χ0v) is 39.0. The number of rotatable bonds is 32. The number of aromatic nitrogens is 1. The molecule has 1 N–H and O–H groups in total. The van der Waals surface area contributed by atoms with Gasteiger partial charge in [-0.25, -0.2) is 0 Å². The minimum absolute atomic E-state index is 0.138. The monoisotopic (exact) mass is 918 g/mol. The number of ether oxygens (including phenoxy) is 8. The number of hydrogen-bond acceptors (Lipinski definition) is 12. The number of amides is 2. The number of nitrogens with zero attached hydrogens (tertiary/aromatic N) is 3. The van der Waals surface area contributed by atoms with Gasteiger partial charge in [0.25, 0.3) is 5.91 Å². The number of benzene rings is 2. The van der Waals surface area contributed by atoms with E-state index in [1.54, 1.807) is 29.3 Å². The van der Waals surface area contributed by atoms with E-state index in [1.807, 2.05) is 18.2 Å². The number of carbonyl (C=O) groups is 2. The summed E-state index contributed by atoms with van der Waals surface area (Å²) in [6.07, 6.45) is 7.16. The molecule has 5 rings (SSSR count). The lowest BCUT2D eigenvalue weighted by Gasteiger charge is -2.38. The molecule has 1 aliphatic carbocycles. The average Bonchev–Trinajstić information content (AvgIpc) is 4.12. The van der Waals surface area contributed by atoms with E-state index in [4.69, 9.17) is 61.1 Å². The van der Waals surface area contributed by atoms with Gasteiger partial charge in [-0.3, -0.25) is 14.6 Å². The highest BCUT2D eigenvalue weighted by atomic mass is 35.5. The van der Waals surface area contributed by atoms with Gasteiger partial charge in [-0.1, -0.05) is 54.5 Å². The molecule has 0 saturated heterocycles. The van der Waals surface area contributed by atoms with E-state index >= 15 is 0 Å². The highest BCUT2D eigenvalue weighted by molar-refractivity contribution is 6.55. The van der Waals surface area contributed by atoms with E-state index in [-0.39, 0.29) is 18.2 Å². The summed E-state index contributed by atoms with van der Waals surface area (Å²) in [7, 11) is -0.471. The molecule has 62 heavy (non-hydrogen) atoms. The first-order chi connectivity index (χ1) is 30.3. The standard InChI is InChI=1S/C45H64Cl2N4O10Si/c1-62(2)31-5-17-54-19-21-56-23-25-58-27-29-60-30-28-59-26-24-57-22-20-55-18-14-49-44(52)11-8-35-32-39(47)43(33-38(35)46)61-42-12-13-48-34-37(42)45(53)51-16-15-50(36-9-10-36)40-6-3-4-7-41(40)51/h3-4,6-7,12-13,32-34,36,62H,5,8-11,14-31H2,1-2H3,(H,49,52). The van der Waals surface area contributed by atoms with Crippen molar-refractivity contribution < 1.29 is 47.5 Å². The molecular formula is C45H64Cl2N4O10Si. The van der Waals surface area contributed by atoms with Crippen LogP contribution >= 0.6 is 23.2 Å². The highest BCUT2D eigenvalue weighted by Crippen LogP contribution is 2.41. The summed E-state index contributed by atoms with van der Waals surface area (Å²) in [6, 6.07) is 14.8. The number of nitrogens with one attached hydrogen (secondary N) is 1. The van der Waals surface area contributed by atoms with Crippen LogP contribution in [0.25, 0.3) is 0 Å². The van der Waals surface area contributed by atoms with Gasteiger partial charge in [0.15, 0.2) is 0 Å². The van der Waals surface area contributed by atoms with Gasteiger partial charge in [-0.15, -0.1) is 0 Å². The number of hydrogen-bond donors (Lipinski definition) is 1. The third kappa shape index (κ3) is 17.7. The Balaban J connectivity index is 0.860. The van der Waals surface area contributed by atoms with Gasteiger partial charge in [0.2, 0.25) is 5.91 Å². The summed E-state index contributed by atoms with van der Waals surface area (Å²) >= 11 is 13.3. The Morgan fingerprint density at radius 2 is 1.31 bits per heavy atom. The quantitative estimate of drug-likeness (QED) is 0.0518. The van der Waals surface area contributed by atoms with Crippen LogP contribution in [-0.2, 0) is 44.4 Å². The average molecular weight is 920 g/mol. The predicted octanol–water partition coefficient (Wildman–Crippen LogP) is 6.85. The van der Waals surface area contributed by atoms with Gasteiger partial charge in [0, 0.05) is 71.0 Å². The number of pyridine rings is 1. The van der Waals surface area contributed by atoms with E-state index < -0.39 is 8.80 Å². The number of anilines is 2. The Morgan fingerprint density at radius 3 is 1.90 bits per heavy atom. The minimum atomic E-state index is -0.471. The molecule has 342 valence electrons. The van der Waals surface area contributed by atoms with Crippen LogP contribution in [0.1, 0.15) is 41.6 Å². The van der Waals surface area contributed by atoms with Crippen LogP contribution in [0.5, 0.6) is 11.5 Å². The van der Waals surface area contributed by atoms with Crippen molar-refractivity contribution in [2.75, 3.05) is 122 Å². The third-order valence-electron chi connectivity index (χ3n) is 10.1. The molecule has 1 aliphatic heterocycles. The highest BCUT2D eigenvalue weighted by Gasteiger charge is 2.36. The molecule has 0 radical (unpaired) electrons. The minimum Gasteiger partial charge on any atom is -0.455 e. The molecule has 3 aromatic rings. The van der Waals surface area contributed by atoms with Crippen LogP contribution in [0.3, 0.4) is 0 Å². The number of halogens is 2. The molecule has 0 atom stereocenters. The van der Waals surface area contributed by atoms with Crippen LogP contribution < -0.4 is 19.9 Å². The molecule has 17 heteroatoms. The molecule has 1 aromatic heterocycles. The van der Waals surface area contributed by atoms with Gasteiger partial charge in [-0.05, 0) is 55.5 Å². The van der Waals surface area contributed by atoms with Crippen molar-refractivity contribution in [3.63, 3.8) is 0 Å². The third-order valence-corrected chi connectivity index (χ3v) is 12.3. The maximum Gasteiger partial charge on any atom is 0.263 e. The first-order valence-corrected chi connectivity index (χ1v) is 25.8. The first kappa shape index (κ1) is 49.7. The van der Waals surface area contributed by atoms with Crippen molar-refractivity contribution in [3.05, 3.63) is 76.0 Å². The second-order valence-corrected chi connectivity index (χ2v) is 19.6. The fourth-order valence-corrected chi connectivity index (χ4v) is 8.17. The van der Waals surface area contributed by atoms with Gasteiger partial charge in [0.1, 0.15) is 17.1 Å². The van der Waals surface area contributed by atoms with Crippen LogP contribution in [-0.4, -0.2) is 144 Å². The van der Waals surface area contributed by atoms with Crippen molar-refractivity contribution in [1.82, 2.24) is 10.3 Å². The summed E-state index contributed by atoms with van der Waals surface area (Å²) < 4.78 is 44.9. The summed E-state index contributed by atoms with van der Waals surface area (Å²) in [4.78, 5) is 34.9. The largest absolute Gasteiger partial charge is 0.455 e. The second-order valence-electron chi connectivity index (χ2n) is 15.4. The van der Waals surface area contributed by atoms with Crippen LogP contribution in [0.15, 0.2) is 54.9 Å².